The average molecular weight is 318 g/mol. The first kappa shape index (κ1) is 15.2. The van der Waals surface area contributed by atoms with Gasteiger partial charge in [-0.3, -0.25) is 0 Å². The summed E-state index contributed by atoms with van der Waals surface area (Å²) in [7, 11) is 0. The lowest BCUT2D eigenvalue weighted by atomic mass is 10.1. The van der Waals surface area contributed by atoms with Gasteiger partial charge in [-0.2, -0.15) is 0 Å². The molecule has 1 N–H and O–H groups in total. The van der Waals surface area contributed by atoms with Crippen molar-refractivity contribution >= 4 is 11.6 Å². The molecule has 3 rings (SSSR count). The molecule has 2 aromatic rings. The fourth-order valence-electron chi connectivity index (χ4n) is 2.51. The maximum Gasteiger partial charge on any atom is 0.127 e. The van der Waals surface area contributed by atoms with Crippen molar-refractivity contribution in [2.75, 3.05) is 13.2 Å². The van der Waals surface area contributed by atoms with Crippen LogP contribution in [0, 0.1) is 0 Å². The van der Waals surface area contributed by atoms with Crippen LogP contribution in [-0.4, -0.2) is 19.2 Å². The predicted molar refractivity (Wildman–Crippen MR) is 89.1 cm³/mol. The van der Waals surface area contributed by atoms with E-state index in [1.165, 1.54) is 19.3 Å². The molecule has 1 saturated heterocycles. The van der Waals surface area contributed by atoms with Crippen molar-refractivity contribution in [3.8, 4) is 17.2 Å². The second-order valence-corrected chi connectivity index (χ2v) is 5.92. The molecule has 116 valence electrons. The number of hydrogen-bond acceptors (Lipinski definition) is 3. The first-order chi connectivity index (χ1) is 10.8. The lowest BCUT2D eigenvalue weighted by molar-refractivity contribution is 0.239. The number of piperidine rings is 1. The summed E-state index contributed by atoms with van der Waals surface area (Å²) in [5.41, 5.74) is 0. The van der Waals surface area contributed by atoms with E-state index in [0.717, 1.165) is 30.4 Å². The van der Waals surface area contributed by atoms with E-state index in [4.69, 9.17) is 21.1 Å². The molecular formula is C18H20ClNO2. The third-order valence-corrected chi connectivity index (χ3v) is 3.99. The summed E-state index contributed by atoms with van der Waals surface area (Å²) in [6, 6.07) is 15.5. The van der Waals surface area contributed by atoms with Gasteiger partial charge in [0.05, 0.1) is 0 Å². The first-order valence-electron chi connectivity index (χ1n) is 7.69. The quantitative estimate of drug-likeness (QED) is 0.870. The zero-order chi connectivity index (χ0) is 15.2. The summed E-state index contributed by atoms with van der Waals surface area (Å²) in [4.78, 5) is 0. The largest absolute Gasteiger partial charge is 0.492 e. The molecule has 0 amide bonds. The number of ether oxygens (including phenoxy) is 2. The maximum atomic E-state index is 5.86. The summed E-state index contributed by atoms with van der Waals surface area (Å²) in [6.45, 7) is 1.82. The number of benzene rings is 2. The highest BCUT2D eigenvalue weighted by Crippen LogP contribution is 2.25. The molecule has 0 aromatic heterocycles. The van der Waals surface area contributed by atoms with Crippen LogP contribution in [0.15, 0.2) is 48.5 Å². The van der Waals surface area contributed by atoms with E-state index in [1.54, 1.807) is 0 Å². The second kappa shape index (κ2) is 7.52. The molecule has 0 bridgehead atoms. The van der Waals surface area contributed by atoms with Crippen LogP contribution in [0.2, 0.25) is 5.02 Å². The Morgan fingerprint density at radius 1 is 0.909 bits per heavy atom. The van der Waals surface area contributed by atoms with E-state index in [1.807, 2.05) is 48.5 Å². The minimum Gasteiger partial charge on any atom is -0.492 e. The highest BCUT2D eigenvalue weighted by Gasteiger charge is 2.12. The Morgan fingerprint density at radius 2 is 1.55 bits per heavy atom. The Morgan fingerprint density at radius 3 is 2.18 bits per heavy atom. The molecule has 0 aliphatic carbocycles. The zero-order valence-electron chi connectivity index (χ0n) is 12.4. The SMILES string of the molecule is Clc1ccc(Oc2ccc(OC[C@H]3CCCCN3)cc2)cc1. The van der Waals surface area contributed by atoms with Gasteiger partial charge in [-0.15, -0.1) is 0 Å². The molecule has 22 heavy (non-hydrogen) atoms. The van der Waals surface area contributed by atoms with Crippen molar-refractivity contribution in [3.63, 3.8) is 0 Å². The predicted octanol–water partition coefficient (Wildman–Crippen LogP) is 4.65. The Kier molecular flexibility index (Phi) is 5.20. The summed E-state index contributed by atoms with van der Waals surface area (Å²) < 4.78 is 11.6. The summed E-state index contributed by atoms with van der Waals surface area (Å²) in [5, 5.41) is 4.18. The third kappa shape index (κ3) is 4.39. The van der Waals surface area contributed by atoms with Gasteiger partial charge in [0.1, 0.15) is 23.9 Å². The highest BCUT2D eigenvalue weighted by molar-refractivity contribution is 6.30. The molecule has 1 aliphatic rings. The van der Waals surface area contributed by atoms with Gasteiger partial charge in [-0.1, -0.05) is 18.0 Å². The van der Waals surface area contributed by atoms with E-state index in [-0.39, 0.29) is 0 Å². The van der Waals surface area contributed by atoms with Crippen LogP contribution >= 0.6 is 11.6 Å². The molecule has 0 spiro atoms. The minimum atomic E-state index is 0.471. The summed E-state index contributed by atoms with van der Waals surface area (Å²) in [6.07, 6.45) is 3.75. The van der Waals surface area contributed by atoms with Gasteiger partial charge in [0.2, 0.25) is 0 Å². The Balaban J connectivity index is 1.52. The molecule has 4 heteroatoms. The van der Waals surface area contributed by atoms with Gasteiger partial charge in [-0.05, 0) is 67.9 Å². The van der Waals surface area contributed by atoms with Crippen LogP contribution in [0.4, 0.5) is 0 Å². The Bertz CT molecular complexity index is 577. The van der Waals surface area contributed by atoms with E-state index >= 15 is 0 Å². The van der Waals surface area contributed by atoms with E-state index in [9.17, 15) is 0 Å². The molecule has 1 fully saturated rings. The highest BCUT2D eigenvalue weighted by atomic mass is 35.5. The van der Waals surface area contributed by atoms with Crippen LogP contribution in [0.5, 0.6) is 17.2 Å². The van der Waals surface area contributed by atoms with Gasteiger partial charge < -0.3 is 14.8 Å². The summed E-state index contributed by atoms with van der Waals surface area (Å²) in [5.74, 6) is 2.42. The molecule has 1 aliphatic heterocycles. The summed E-state index contributed by atoms with van der Waals surface area (Å²) >= 11 is 5.86. The lowest BCUT2D eigenvalue weighted by Gasteiger charge is -2.23. The van der Waals surface area contributed by atoms with E-state index < -0.39 is 0 Å². The van der Waals surface area contributed by atoms with Crippen LogP contribution in [0.25, 0.3) is 0 Å². The van der Waals surface area contributed by atoms with Crippen LogP contribution in [0.1, 0.15) is 19.3 Å². The Hall–Kier alpha value is -1.71. The number of rotatable bonds is 5. The van der Waals surface area contributed by atoms with Crippen molar-refractivity contribution in [2.45, 2.75) is 25.3 Å². The Labute approximate surface area is 136 Å². The monoisotopic (exact) mass is 317 g/mol. The van der Waals surface area contributed by atoms with E-state index in [2.05, 4.69) is 5.32 Å². The molecule has 1 heterocycles. The number of hydrogen-bond donors (Lipinski definition) is 1. The van der Waals surface area contributed by atoms with Crippen LogP contribution in [-0.2, 0) is 0 Å². The molecule has 0 radical (unpaired) electrons. The van der Waals surface area contributed by atoms with Crippen molar-refractivity contribution in [2.24, 2.45) is 0 Å². The molecular weight excluding hydrogens is 298 g/mol. The van der Waals surface area contributed by atoms with Crippen molar-refractivity contribution in [3.05, 3.63) is 53.6 Å². The fraction of sp³-hybridized carbons (Fsp3) is 0.333. The topological polar surface area (TPSA) is 30.5 Å². The normalized spacial score (nSPS) is 18.0. The second-order valence-electron chi connectivity index (χ2n) is 5.49. The minimum absolute atomic E-state index is 0.471. The van der Waals surface area contributed by atoms with Gasteiger partial charge in [0, 0.05) is 11.1 Å². The number of nitrogens with one attached hydrogen (secondary N) is 1. The number of halogens is 1. The van der Waals surface area contributed by atoms with Crippen molar-refractivity contribution in [1.29, 1.82) is 0 Å². The van der Waals surface area contributed by atoms with Gasteiger partial charge >= 0.3 is 0 Å². The van der Waals surface area contributed by atoms with Crippen molar-refractivity contribution < 1.29 is 9.47 Å². The maximum absolute atomic E-state index is 5.86. The molecule has 1 atom stereocenters. The zero-order valence-corrected chi connectivity index (χ0v) is 13.2. The first-order valence-corrected chi connectivity index (χ1v) is 8.07. The molecule has 2 aromatic carbocycles. The van der Waals surface area contributed by atoms with Gasteiger partial charge in [0.15, 0.2) is 0 Å². The van der Waals surface area contributed by atoms with Gasteiger partial charge in [-0.25, -0.2) is 0 Å². The lowest BCUT2D eigenvalue weighted by Crippen LogP contribution is -2.38. The van der Waals surface area contributed by atoms with Crippen molar-refractivity contribution in [1.82, 2.24) is 5.32 Å². The fourth-order valence-corrected chi connectivity index (χ4v) is 2.63. The van der Waals surface area contributed by atoms with Crippen LogP contribution in [0.3, 0.4) is 0 Å². The molecule has 3 nitrogen and oxygen atoms in total. The molecule has 0 unspecified atom stereocenters. The average Bonchev–Trinajstić information content (AvgIpc) is 2.57. The standard InChI is InChI=1S/C18H20ClNO2/c19-14-4-6-17(7-5-14)22-18-10-8-16(9-11-18)21-13-15-3-1-2-12-20-15/h4-11,15,20H,1-3,12-13H2/t15-/m1/s1. The third-order valence-electron chi connectivity index (χ3n) is 3.74. The van der Waals surface area contributed by atoms with E-state index in [0.29, 0.717) is 11.1 Å². The van der Waals surface area contributed by atoms with Gasteiger partial charge in [0.25, 0.3) is 0 Å². The van der Waals surface area contributed by atoms with Crippen LogP contribution < -0.4 is 14.8 Å². The molecule has 0 saturated carbocycles. The smallest absolute Gasteiger partial charge is 0.127 e.